The minimum atomic E-state index is -1.08. The smallest absolute Gasteiger partial charge is 0.407 e. The van der Waals surface area contributed by atoms with Crippen LogP contribution in [0.5, 0.6) is 0 Å². The molecule has 0 bridgehead atoms. The van der Waals surface area contributed by atoms with Gasteiger partial charge in [0.2, 0.25) is 5.91 Å². The number of carbonyl (C=O) groups is 3. The summed E-state index contributed by atoms with van der Waals surface area (Å²) in [5.74, 6) is -1.47. The van der Waals surface area contributed by atoms with Gasteiger partial charge in [0.15, 0.2) is 0 Å². The molecular formula is C27H34N2O5. The van der Waals surface area contributed by atoms with Crippen LogP contribution in [0.15, 0.2) is 48.5 Å². The molecule has 0 saturated heterocycles. The van der Waals surface area contributed by atoms with Gasteiger partial charge in [0.05, 0.1) is 0 Å². The Hall–Kier alpha value is -3.35. The van der Waals surface area contributed by atoms with E-state index in [2.05, 4.69) is 34.9 Å². The van der Waals surface area contributed by atoms with Crippen molar-refractivity contribution in [1.82, 2.24) is 10.6 Å². The summed E-state index contributed by atoms with van der Waals surface area (Å²) >= 11 is 0. The third-order valence-corrected chi connectivity index (χ3v) is 6.37. The molecule has 1 aliphatic rings. The number of carboxylic acids is 1. The largest absolute Gasteiger partial charge is 0.480 e. The number of rotatable bonds is 8. The average Bonchev–Trinajstić information content (AvgIpc) is 3.08. The van der Waals surface area contributed by atoms with Crippen molar-refractivity contribution in [1.29, 1.82) is 0 Å². The number of aliphatic carboxylic acids is 1. The lowest BCUT2D eigenvalue weighted by Gasteiger charge is -2.32. The van der Waals surface area contributed by atoms with Crippen LogP contribution in [-0.2, 0) is 14.3 Å². The van der Waals surface area contributed by atoms with Crippen LogP contribution < -0.4 is 10.6 Å². The lowest BCUT2D eigenvalue weighted by Crippen LogP contribution is -2.53. The van der Waals surface area contributed by atoms with Gasteiger partial charge in [0.25, 0.3) is 0 Å². The van der Waals surface area contributed by atoms with E-state index < -0.39 is 28.9 Å². The van der Waals surface area contributed by atoms with Gasteiger partial charge in [-0.25, -0.2) is 9.59 Å². The molecule has 182 valence electrons. The van der Waals surface area contributed by atoms with Crippen molar-refractivity contribution in [2.75, 3.05) is 13.2 Å². The highest BCUT2D eigenvalue weighted by atomic mass is 16.5. The van der Waals surface area contributed by atoms with Crippen LogP contribution in [-0.4, -0.2) is 42.3 Å². The Morgan fingerprint density at radius 3 is 1.97 bits per heavy atom. The molecule has 0 radical (unpaired) electrons. The minimum absolute atomic E-state index is 0.0225. The first kappa shape index (κ1) is 25.3. The van der Waals surface area contributed by atoms with Gasteiger partial charge < -0.3 is 20.5 Å². The Morgan fingerprint density at radius 2 is 1.47 bits per heavy atom. The third-order valence-electron chi connectivity index (χ3n) is 6.37. The summed E-state index contributed by atoms with van der Waals surface area (Å²) in [4.78, 5) is 36.6. The summed E-state index contributed by atoms with van der Waals surface area (Å²) in [5.41, 5.74) is 3.11. The summed E-state index contributed by atoms with van der Waals surface area (Å²) < 4.78 is 5.53. The van der Waals surface area contributed by atoms with E-state index in [1.165, 1.54) is 0 Å². The third kappa shape index (κ3) is 5.58. The normalized spacial score (nSPS) is 14.0. The molecule has 7 nitrogen and oxygen atoms in total. The fraction of sp³-hybridized carbons (Fsp3) is 0.444. The Morgan fingerprint density at radius 1 is 0.941 bits per heavy atom. The summed E-state index contributed by atoms with van der Waals surface area (Å²) in [6, 6.07) is 15.3. The number of ether oxygens (including phenoxy) is 1. The van der Waals surface area contributed by atoms with Gasteiger partial charge in [0.1, 0.15) is 12.6 Å². The first-order valence-electron chi connectivity index (χ1n) is 11.5. The quantitative estimate of drug-likeness (QED) is 0.529. The van der Waals surface area contributed by atoms with E-state index >= 15 is 0 Å². The molecule has 2 aromatic carbocycles. The number of amides is 2. The Balaban J connectivity index is 1.52. The molecule has 0 spiro atoms. The minimum Gasteiger partial charge on any atom is -0.480 e. The molecular weight excluding hydrogens is 432 g/mol. The molecule has 2 aromatic rings. The zero-order valence-corrected chi connectivity index (χ0v) is 20.5. The maximum Gasteiger partial charge on any atom is 0.407 e. The second-order valence-corrected chi connectivity index (χ2v) is 10.5. The molecule has 0 aromatic heterocycles. The molecule has 34 heavy (non-hydrogen) atoms. The predicted octanol–water partition coefficient (Wildman–Crippen LogP) is 4.56. The second kappa shape index (κ2) is 9.87. The van der Waals surface area contributed by atoms with Gasteiger partial charge >= 0.3 is 12.1 Å². The number of fused-ring (bicyclic) bond motifs is 3. The molecule has 0 fully saturated rings. The predicted molar refractivity (Wildman–Crippen MR) is 130 cm³/mol. The van der Waals surface area contributed by atoms with Gasteiger partial charge in [-0.3, -0.25) is 4.79 Å². The van der Waals surface area contributed by atoms with Crippen LogP contribution in [0.1, 0.15) is 58.1 Å². The van der Waals surface area contributed by atoms with Crippen molar-refractivity contribution >= 4 is 18.0 Å². The SMILES string of the molecule is CC(C)(CCNC(=O)OCC1c2ccccc2-c2ccccc21)C(=O)N[C@H](C(=O)O)C(C)(C)C. The standard InChI is InChI=1S/C27H34N2O5/c1-26(2,3)22(23(30)31)29-24(32)27(4,5)14-15-28-25(33)34-16-21-19-12-8-6-10-17(19)18-11-7-9-13-20(18)21/h6-13,21-22H,14-16H2,1-5H3,(H,28,33)(H,29,32)(H,30,31)/t22-/m1/s1. The number of alkyl carbamates (subject to hydrolysis) is 1. The maximum atomic E-state index is 12.7. The summed E-state index contributed by atoms with van der Waals surface area (Å²) in [6.07, 6.45) is -0.212. The van der Waals surface area contributed by atoms with E-state index in [9.17, 15) is 19.5 Å². The van der Waals surface area contributed by atoms with E-state index in [0.717, 1.165) is 22.3 Å². The van der Waals surface area contributed by atoms with E-state index in [1.807, 2.05) is 24.3 Å². The van der Waals surface area contributed by atoms with Crippen molar-refractivity contribution in [3.63, 3.8) is 0 Å². The van der Waals surface area contributed by atoms with Crippen LogP contribution in [0.3, 0.4) is 0 Å². The molecule has 2 amide bonds. The van der Waals surface area contributed by atoms with Crippen LogP contribution in [0.25, 0.3) is 11.1 Å². The topological polar surface area (TPSA) is 105 Å². The van der Waals surface area contributed by atoms with Gasteiger partial charge in [-0.15, -0.1) is 0 Å². The molecule has 0 unspecified atom stereocenters. The van der Waals surface area contributed by atoms with Crippen molar-refractivity contribution in [3.8, 4) is 11.1 Å². The van der Waals surface area contributed by atoms with Crippen molar-refractivity contribution in [2.24, 2.45) is 10.8 Å². The molecule has 1 aliphatic carbocycles. The van der Waals surface area contributed by atoms with E-state index in [0.29, 0.717) is 6.42 Å². The molecule has 0 aliphatic heterocycles. The first-order valence-corrected chi connectivity index (χ1v) is 11.5. The Kier molecular flexibility index (Phi) is 7.34. The monoisotopic (exact) mass is 466 g/mol. The van der Waals surface area contributed by atoms with Crippen LogP contribution >= 0.6 is 0 Å². The summed E-state index contributed by atoms with van der Waals surface area (Å²) in [7, 11) is 0. The van der Waals surface area contributed by atoms with Gasteiger partial charge in [-0.05, 0) is 34.1 Å². The fourth-order valence-corrected chi connectivity index (χ4v) is 4.22. The van der Waals surface area contributed by atoms with Gasteiger partial charge in [0, 0.05) is 17.9 Å². The highest BCUT2D eigenvalue weighted by Crippen LogP contribution is 2.44. The van der Waals surface area contributed by atoms with E-state index in [-0.39, 0.29) is 25.0 Å². The Labute approximate surface area is 200 Å². The van der Waals surface area contributed by atoms with Gasteiger partial charge in [-0.2, -0.15) is 0 Å². The molecule has 0 saturated carbocycles. The highest BCUT2D eigenvalue weighted by Gasteiger charge is 2.37. The van der Waals surface area contributed by atoms with Crippen LogP contribution in [0, 0.1) is 10.8 Å². The zero-order valence-electron chi connectivity index (χ0n) is 20.5. The van der Waals surface area contributed by atoms with Crippen molar-refractivity contribution < 1.29 is 24.2 Å². The van der Waals surface area contributed by atoms with Crippen LogP contribution in [0.4, 0.5) is 4.79 Å². The summed E-state index contributed by atoms with van der Waals surface area (Å²) in [6.45, 7) is 9.18. The number of carbonyl (C=O) groups excluding carboxylic acids is 2. The van der Waals surface area contributed by atoms with E-state index in [4.69, 9.17) is 4.74 Å². The highest BCUT2D eigenvalue weighted by molar-refractivity contribution is 5.87. The maximum absolute atomic E-state index is 12.7. The molecule has 3 rings (SSSR count). The Bertz CT molecular complexity index is 1030. The fourth-order valence-electron chi connectivity index (χ4n) is 4.22. The number of hydrogen-bond acceptors (Lipinski definition) is 4. The van der Waals surface area contributed by atoms with Crippen molar-refractivity contribution in [2.45, 2.75) is 53.0 Å². The lowest BCUT2D eigenvalue weighted by molar-refractivity contribution is -0.146. The molecule has 7 heteroatoms. The zero-order chi connectivity index (χ0) is 25.1. The average molecular weight is 467 g/mol. The van der Waals surface area contributed by atoms with Crippen molar-refractivity contribution in [3.05, 3.63) is 59.7 Å². The van der Waals surface area contributed by atoms with E-state index in [1.54, 1.807) is 34.6 Å². The summed E-state index contributed by atoms with van der Waals surface area (Å²) in [5, 5.41) is 14.8. The molecule has 1 atom stereocenters. The number of nitrogens with one attached hydrogen (secondary N) is 2. The number of benzene rings is 2. The number of hydrogen-bond donors (Lipinski definition) is 3. The number of carboxylic acid groups (broad SMARTS) is 1. The lowest BCUT2D eigenvalue weighted by atomic mass is 9.83. The van der Waals surface area contributed by atoms with Gasteiger partial charge in [-0.1, -0.05) is 83.1 Å². The second-order valence-electron chi connectivity index (χ2n) is 10.5. The molecule has 0 heterocycles. The first-order chi connectivity index (χ1) is 15.9. The molecule has 3 N–H and O–H groups in total. The van der Waals surface area contributed by atoms with Crippen LogP contribution in [0.2, 0.25) is 0 Å².